The number of nitrogens with zero attached hydrogens (tertiary/aromatic N) is 1. The van der Waals surface area contributed by atoms with E-state index in [9.17, 15) is 4.79 Å². The third-order valence-corrected chi connectivity index (χ3v) is 4.11. The topological polar surface area (TPSA) is 37.0 Å². The van der Waals surface area contributed by atoms with Gasteiger partial charge in [-0.25, -0.2) is 0 Å². The van der Waals surface area contributed by atoms with Crippen LogP contribution in [0.3, 0.4) is 0 Å². The number of rotatable bonds is 1. The summed E-state index contributed by atoms with van der Waals surface area (Å²) in [4.78, 5) is 15.2. The van der Waals surface area contributed by atoms with Crippen LogP contribution < -0.4 is 4.40 Å². The summed E-state index contributed by atoms with van der Waals surface area (Å²) >= 11 is 0. The fourth-order valence-electron chi connectivity index (χ4n) is 3.05. The number of Topliss-reactive ketones (excluding diaryl/α,β-unsaturated/α-hetero) is 1. The Morgan fingerprint density at radius 1 is 1.14 bits per heavy atom. The lowest BCUT2D eigenvalue weighted by Gasteiger charge is -2.00. The van der Waals surface area contributed by atoms with E-state index >= 15 is 0 Å². The Bertz CT molecular complexity index is 1030. The van der Waals surface area contributed by atoms with Gasteiger partial charge < -0.3 is 4.98 Å². The molecule has 0 spiro atoms. The molecule has 0 unspecified atom stereocenters. The normalized spacial score (nSPS) is 11.5. The van der Waals surface area contributed by atoms with Crippen molar-refractivity contribution in [3.8, 4) is 0 Å². The van der Waals surface area contributed by atoms with E-state index in [1.54, 1.807) is 6.92 Å². The highest BCUT2D eigenvalue weighted by molar-refractivity contribution is 6.11. The van der Waals surface area contributed by atoms with Gasteiger partial charge in [-0.2, -0.15) is 4.40 Å². The molecule has 3 heteroatoms. The summed E-state index contributed by atoms with van der Waals surface area (Å²) in [6.07, 6.45) is 3.93. The molecule has 4 rings (SSSR count). The first-order chi connectivity index (χ1) is 10.1. The van der Waals surface area contributed by atoms with Crippen LogP contribution >= 0.6 is 0 Å². The Balaban J connectivity index is 2.18. The molecular formula is C18H15N2O+. The second-order valence-electron chi connectivity index (χ2n) is 5.49. The zero-order valence-corrected chi connectivity index (χ0v) is 12.0. The van der Waals surface area contributed by atoms with E-state index in [-0.39, 0.29) is 5.78 Å². The summed E-state index contributed by atoms with van der Waals surface area (Å²) < 4.78 is 2.02. The standard InChI is InChI=1S/C18H14N2O/c1-11-9-17-18-14(13-5-3-4-6-16(13)19-18)7-8-20(17)10-15(11)12(2)21/h3-10H,1-2H3/p+1. The Hall–Kier alpha value is -2.68. The van der Waals surface area contributed by atoms with E-state index in [0.717, 1.165) is 27.7 Å². The molecule has 0 bridgehead atoms. The lowest BCUT2D eigenvalue weighted by Crippen LogP contribution is -2.23. The predicted molar refractivity (Wildman–Crippen MR) is 83.7 cm³/mol. The number of para-hydroxylation sites is 1. The third-order valence-electron chi connectivity index (χ3n) is 4.11. The first-order valence-electron chi connectivity index (χ1n) is 7.01. The van der Waals surface area contributed by atoms with E-state index in [1.165, 1.54) is 10.8 Å². The highest BCUT2D eigenvalue weighted by atomic mass is 16.1. The number of ketones is 1. The smallest absolute Gasteiger partial charge is 0.235 e. The van der Waals surface area contributed by atoms with Gasteiger partial charge in [-0.15, -0.1) is 0 Å². The number of hydrogen-bond acceptors (Lipinski definition) is 1. The minimum absolute atomic E-state index is 0.0960. The summed E-state index contributed by atoms with van der Waals surface area (Å²) in [5.74, 6) is 0.0960. The SMILES string of the molecule is CC(=O)c1c[n+]2ccc3c4ccccc4[nH]c3c2cc1C. The third kappa shape index (κ3) is 1.67. The van der Waals surface area contributed by atoms with Crippen LogP contribution in [0.25, 0.3) is 27.3 Å². The van der Waals surface area contributed by atoms with Gasteiger partial charge in [-0.1, -0.05) is 18.2 Å². The van der Waals surface area contributed by atoms with E-state index < -0.39 is 0 Å². The van der Waals surface area contributed by atoms with E-state index in [0.29, 0.717) is 0 Å². The van der Waals surface area contributed by atoms with Crippen LogP contribution in [-0.4, -0.2) is 10.8 Å². The van der Waals surface area contributed by atoms with Crippen molar-refractivity contribution in [1.29, 1.82) is 0 Å². The maximum atomic E-state index is 11.7. The molecule has 3 aromatic heterocycles. The van der Waals surface area contributed by atoms with Gasteiger partial charge in [-0.05, 0) is 25.5 Å². The van der Waals surface area contributed by atoms with Gasteiger partial charge in [0.1, 0.15) is 5.52 Å². The number of benzene rings is 1. The average Bonchev–Trinajstić information content (AvgIpc) is 2.85. The molecule has 0 aliphatic heterocycles. The number of aromatic amines is 1. The van der Waals surface area contributed by atoms with E-state index in [2.05, 4.69) is 35.3 Å². The number of fused-ring (bicyclic) bond motifs is 5. The number of aryl methyl sites for hydroxylation is 1. The Labute approximate surface area is 121 Å². The largest absolute Gasteiger partial charge is 0.349 e. The van der Waals surface area contributed by atoms with E-state index in [1.807, 2.05) is 29.8 Å². The van der Waals surface area contributed by atoms with Crippen molar-refractivity contribution in [2.24, 2.45) is 0 Å². The zero-order chi connectivity index (χ0) is 14.6. The monoisotopic (exact) mass is 275 g/mol. The summed E-state index contributed by atoms with van der Waals surface area (Å²) in [5, 5.41) is 2.43. The number of nitrogens with one attached hydrogen (secondary N) is 1. The molecule has 0 amide bonds. The molecule has 0 saturated carbocycles. The van der Waals surface area contributed by atoms with Gasteiger partial charge in [0.25, 0.3) is 0 Å². The molecule has 0 aliphatic rings. The predicted octanol–water partition coefficient (Wildman–Crippen LogP) is 3.57. The zero-order valence-electron chi connectivity index (χ0n) is 12.0. The van der Waals surface area contributed by atoms with E-state index in [4.69, 9.17) is 0 Å². The van der Waals surface area contributed by atoms with Crippen LogP contribution in [0.2, 0.25) is 0 Å². The molecule has 0 fully saturated rings. The van der Waals surface area contributed by atoms with Gasteiger partial charge >= 0.3 is 0 Å². The molecule has 1 N–H and O–H groups in total. The van der Waals surface area contributed by atoms with Crippen LogP contribution in [0.4, 0.5) is 0 Å². The number of H-pyrrole nitrogens is 1. The lowest BCUT2D eigenvalue weighted by atomic mass is 10.1. The van der Waals surface area contributed by atoms with Crippen LogP contribution in [-0.2, 0) is 0 Å². The molecule has 3 heterocycles. The maximum absolute atomic E-state index is 11.7. The molecule has 21 heavy (non-hydrogen) atoms. The van der Waals surface area contributed by atoms with Crippen LogP contribution in [0.15, 0.2) is 48.8 Å². The first kappa shape index (κ1) is 12.1. The van der Waals surface area contributed by atoms with Gasteiger partial charge in [0.05, 0.1) is 5.56 Å². The van der Waals surface area contributed by atoms with Crippen molar-refractivity contribution >= 4 is 33.1 Å². The summed E-state index contributed by atoms with van der Waals surface area (Å²) in [7, 11) is 0. The second-order valence-corrected chi connectivity index (χ2v) is 5.49. The Kier molecular flexibility index (Phi) is 2.39. The van der Waals surface area contributed by atoms with Gasteiger partial charge in [0.15, 0.2) is 18.2 Å². The van der Waals surface area contributed by atoms with Crippen molar-refractivity contribution < 1.29 is 9.20 Å². The summed E-state index contributed by atoms with van der Waals surface area (Å²) in [6, 6.07) is 12.5. The quantitative estimate of drug-likeness (QED) is 0.418. The van der Waals surface area contributed by atoms with Crippen LogP contribution in [0, 0.1) is 6.92 Å². The molecule has 1 aromatic carbocycles. The number of aromatic nitrogens is 2. The molecular weight excluding hydrogens is 260 g/mol. The molecule has 4 aromatic rings. The number of carbonyl (C=O) groups excluding carboxylic acids is 1. The van der Waals surface area contributed by atoms with Gasteiger partial charge in [0.2, 0.25) is 5.52 Å². The minimum atomic E-state index is 0.0960. The van der Waals surface area contributed by atoms with Crippen molar-refractivity contribution in [3.63, 3.8) is 0 Å². The maximum Gasteiger partial charge on any atom is 0.235 e. The van der Waals surface area contributed by atoms with Crippen molar-refractivity contribution in [1.82, 2.24) is 4.98 Å². The highest BCUT2D eigenvalue weighted by Crippen LogP contribution is 2.27. The molecule has 0 aliphatic carbocycles. The fourth-order valence-corrected chi connectivity index (χ4v) is 3.05. The number of hydrogen-bond donors (Lipinski definition) is 1. The van der Waals surface area contributed by atoms with Gasteiger partial charge in [-0.3, -0.25) is 4.79 Å². The Morgan fingerprint density at radius 3 is 2.76 bits per heavy atom. The van der Waals surface area contributed by atoms with Gasteiger partial charge in [0, 0.05) is 28.4 Å². The average molecular weight is 275 g/mol. The summed E-state index contributed by atoms with van der Waals surface area (Å²) in [6.45, 7) is 3.59. The molecule has 0 radical (unpaired) electrons. The van der Waals surface area contributed by atoms with Crippen LogP contribution in [0.1, 0.15) is 22.8 Å². The first-order valence-corrected chi connectivity index (χ1v) is 7.01. The molecule has 102 valence electrons. The molecule has 3 nitrogen and oxygen atoms in total. The number of carbonyl (C=O) groups is 1. The molecule has 0 atom stereocenters. The summed E-state index contributed by atoms with van der Waals surface area (Å²) in [5.41, 5.74) is 5.11. The fraction of sp³-hybridized carbons (Fsp3) is 0.111. The van der Waals surface area contributed by atoms with Crippen molar-refractivity contribution in [3.05, 3.63) is 59.9 Å². The van der Waals surface area contributed by atoms with Crippen LogP contribution in [0.5, 0.6) is 0 Å². The second kappa shape index (κ2) is 4.16. The minimum Gasteiger partial charge on any atom is -0.349 e. The highest BCUT2D eigenvalue weighted by Gasteiger charge is 2.16. The lowest BCUT2D eigenvalue weighted by molar-refractivity contribution is -0.511. The van der Waals surface area contributed by atoms with Crippen molar-refractivity contribution in [2.45, 2.75) is 13.8 Å². The molecule has 0 saturated heterocycles. The number of pyridine rings is 2. The Morgan fingerprint density at radius 2 is 1.95 bits per heavy atom. The van der Waals surface area contributed by atoms with Crippen molar-refractivity contribution in [2.75, 3.05) is 0 Å².